The van der Waals surface area contributed by atoms with Gasteiger partial charge in [-0.05, 0) is 38.4 Å². The van der Waals surface area contributed by atoms with Gasteiger partial charge in [0.05, 0.1) is 6.42 Å². The van der Waals surface area contributed by atoms with Gasteiger partial charge in [0, 0.05) is 23.0 Å². The Labute approximate surface area is 111 Å². The van der Waals surface area contributed by atoms with Crippen LogP contribution in [0.3, 0.4) is 0 Å². The summed E-state index contributed by atoms with van der Waals surface area (Å²) in [4.78, 5) is 24.8. The average Bonchev–Trinajstić information content (AvgIpc) is 2.27. The average molecular weight is 270 g/mol. The van der Waals surface area contributed by atoms with Gasteiger partial charge in [-0.1, -0.05) is 11.6 Å². The van der Waals surface area contributed by atoms with Crippen molar-refractivity contribution in [3.05, 3.63) is 34.9 Å². The van der Waals surface area contributed by atoms with E-state index in [0.717, 1.165) is 0 Å². The molecule has 0 aliphatic heterocycles. The van der Waals surface area contributed by atoms with E-state index in [4.69, 9.17) is 16.7 Å². The summed E-state index contributed by atoms with van der Waals surface area (Å²) in [6, 6.07) is 6.49. The second kappa shape index (κ2) is 6.52. The van der Waals surface area contributed by atoms with E-state index in [1.54, 1.807) is 29.2 Å². The number of hydrogen-bond acceptors (Lipinski definition) is 3. The molecule has 0 fully saturated rings. The fourth-order valence-electron chi connectivity index (χ4n) is 1.74. The van der Waals surface area contributed by atoms with Crippen molar-refractivity contribution in [3.8, 4) is 0 Å². The number of Topliss-reactive ketones (excluding diaryl/α,β-unsaturated/α-hetero) is 1. The van der Waals surface area contributed by atoms with Gasteiger partial charge in [-0.3, -0.25) is 9.59 Å². The lowest BCUT2D eigenvalue weighted by Gasteiger charge is -2.18. The van der Waals surface area contributed by atoms with Crippen molar-refractivity contribution in [3.63, 3.8) is 0 Å². The molecule has 0 amide bonds. The molecule has 1 aromatic rings. The Morgan fingerprint density at radius 2 is 1.83 bits per heavy atom. The van der Waals surface area contributed by atoms with Crippen molar-refractivity contribution < 1.29 is 14.7 Å². The Bertz CT molecular complexity index is 428. The van der Waals surface area contributed by atoms with E-state index in [1.807, 2.05) is 14.1 Å². The number of carboxylic acid groups (broad SMARTS) is 1. The molecule has 1 unspecified atom stereocenters. The van der Waals surface area contributed by atoms with Gasteiger partial charge < -0.3 is 10.0 Å². The smallest absolute Gasteiger partial charge is 0.304 e. The van der Waals surface area contributed by atoms with Crippen LogP contribution in [0.1, 0.15) is 16.8 Å². The highest BCUT2D eigenvalue weighted by Gasteiger charge is 2.23. The molecule has 0 bridgehead atoms. The van der Waals surface area contributed by atoms with Crippen LogP contribution in [0.15, 0.2) is 24.3 Å². The SMILES string of the molecule is CN(C)CC(CC(=O)O)C(=O)c1ccc(Cl)cc1. The first-order chi connectivity index (χ1) is 8.40. The van der Waals surface area contributed by atoms with Gasteiger partial charge in [0.25, 0.3) is 0 Å². The summed E-state index contributed by atoms with van der Waals surface area (Å²) in [5, 5.41) is 9.39. The fraction of sp³-hybridized carbons (Fsp3) is 0.385. The lowest BCUT2D eigenvalue weighted by Crippen LogP contribution is -2.30. The van der Waals surface area contributed by atoms with Gasteiger partial charge >= 0.3 is 5.97 Å². The predicted octanol–water partition coefficient (Wildman–Crippen LogP) is 2.18. The second-order valence-corrected chi connectivity index (χ2v) is 4.86. The van der Waals surface area contributed by atoms with Crippen LogP contribution < -0.4 is 0 Å². The fourth-order valence-corrected chi connectivity index (χ4v) is 1.87. The third-order valence-electron chi connectivity index (χ3n) is 2.51. The Hall–Kier alpha value is -1.39. The van der Waals surface area contributed by atoms with Crippen LogP contribution in [0.5, 0.6) is 0 Å². The van der Waals surface area contributed by atoms with E-state index in [2.05, 4.69) is 0 Å². The molecule has 1 atom stereocenters. The first-order valence-corrected chi connectivity index (χ1v) is 5.94. The number of aliphatic carboxylic acids is 1. The van der Waals surface area contributed by atoms with Gasteiger partial charge in [0.1, 0.15) is 0 Å². The molecule has 0 aliphatic rings. The van der Waals surface area contributed by atoms with Crippen molar-refractivity contribution in [2.45, 2.75) is 6.42 Å². The molecule has 18 heavy (non-hydrogen) atoms. The Morgan fingerprint density at radius 3 is 2.28 bits per heavy atom. The zero-order chi connectivity index (χ0) is 13.7. The molecular formula is C13H16ClNO3. The maximum atomic E-state index is 12.2. The van der Waals surface area contributed by atoms with Crippen molar-refractivity contribution in [1.29, 1.82) is 0 Å². The minimum absolute atomic E-state index is 0.164. The van der Waals surface area contributed by atoms with Crippen molar-refractivity contribution >= 4 is 23.4 Å². The van der Waals surface area contributed by atoms with Gasteiger partial charge in [-0.15, -0.1) is 0 Å². The third-order valence-corrected chi connectivity index (χ3v) is 2.76. The number of ketones is 1. The lowest BCUT2D eigenvalue weighted by molar-refractivity contribution is -0.137. The minimum Gasteiger partial charge on any atom is -0.481 e. The van der Waals surface area contributed by atoms with Crippen LogP contribution in [0, 0.1) is 5.92 Å². The van der Waals surface area contributed by atoms with E-state index in [-0.39, 0.29) is 12.2 Å². The Morgan fingerprint density at radius 1 is 1.28 bits per heavy atom. The van der Waals surface area contributed by atoms with E-state index in [0.29, 0.717) is 17.1 Å². The van der Waals surface area contributed by atoms with Crippen LogP contribution in [0.4, 0.5) is 0 Å². The molecular weight excluding hydrogens is 254 g/mol. The lowest BCUT2D eigenvalue weighted by atomic mass is 9.94. The topological polar surface area (TPSA) is 57.6 Å². The molecule has 0 aliphatic carbocycles. The number of rotatable bonds is 6. The molecule has 0 heterocycles. The minimum atomic E-state index is -0.968. The maximum Gasteiger partial charge on any atom is 0.304 e. The molecule has 4 nitrogen and oxygen atoms in total. The monoisotopic (exact) mass is 269 g/mol. The molecule has 0 radical (unpaired) electrons. The third kappa shape index (κ3) is 4.47. The second-order valence-electron chi connectivity index (χ2n) is 4.43. The molecule has 0 saturated heterocycles. The molecule has 1 aromatic carbocycles. The molecule has 0 saturated carbocycles. The molecule has 1 N–H and O–H groups in total. The summed E-state index contributed by atoms with van der Waals surface area (Å²) >= 11 is 5.75. The number of benzene rings is 1. The van der Waals surface area contributed by atoms with Crippen molar-refractivity contribution in [2.24, 2.45) is 5.92 Å². The molecule has 0 spiro atoms. The Balaban J connectivity index is 2.87. The van der Waals surface area contributed by atoms with Gasteiger partial charge in [-0.25, -0.2) is 0 Å². The van der Waals surface area contributed by atoms with Crippen LogP contribution in [-0.2, 0) is 4.79 Å². The molecule has 5 heteroatoms. The van der Waals surface area contributed by atoms with E-state index < -0.39 is 11.9 Å². The highest BCUT2D eigenvalue weighted by molar-refractivity contribution is 6.30. The first-order valence-electron chi connectivity index (χ1n) is 5.56. The normalized spacial score (nSPS) is 12.4. The van der Waals surface area contributed by atoms with E-state index >= 15 is 0 Å². The van der Waals surface area contributed by atoms with Crippen molar-refractivity contribution in [2.75, 3.05) is 20.6 Å². The molecule has 98 valence electrons. The summed E-state index contributed by atoms with van der Waals surface area (Å²) in [5.41, 5.74) is 0.493. The number of nitrogens with zero attached hydrogens (tertiary/aromatic N) is 1. The van der Waals surface area contributed by atoms with Gasteiger partial charge in [0.15, 0.2) is 5.78 Å². The summed E-state index contributed by atoms with van der Waals surface area (Å²) < 4.78 is 0. The van der Waals surface area contributed by atoms with E-state index in [9.17, 15) is 9.59 Å². The standard InChI is InChI=1S/C13H16ClNO3/c1-15(2)8-10(7-12(16)17)13(18)9-3-5-11(14)6-4-9/h3-6,10H,7-8H2,1-2H3,(H,16,17). The predicted molar refractivity (Wildman–Crippen MR) is 70.1 cm³/mol. The first kappa shape index (κ1) is 14.7. The number of hydrogen-bond donors (Lipinski definition) is 1. The highest BCUT2D eigenvalue weighted by Crippen LogP contribution is 2.16. The zero-order valence-electron chi connectivity index (χ0n) is 10.4. The van der Waals surface area contributed by atoms with E-state index in [1.165, 1.54) is 0 Å². The van der Waals surface area contributed by atoms with Crippen LogP contribution in [0.2, 0.25) is 5.02 Å². The number of carboxylic acids is 1. The maximum absolute atomic E-state index is 12.2. The van der Waals surface area contributed by atoms with Gasteiger partial charge in [-0.2, -0.15) is 0 Å². The zero-order valence-corrected chi connectivity index (χ0v) is 11.1. The van der Waals surface area contributed by atoms with Gasteiger partial charge in [0.2, 0.25) is 0 Å². The number of halogens is 1. The van der Waals surface area contributed by atoms with Crippen LogP contribution in [-0.4, -0.2) is 42.4 Å². The quantitative estimate of drug-likeness (QED) is 0.804. The summed E-state index contributed by atoms with van der Waals surface area (Å²) in [6.07, 6.45) is -0.167. The Kier molecular flexibility index (Phi) is 5.31. The summed E-state index contributed by atoms with van der Waals surface area (Å²) in [5.74, 6) is -1.68. The summed E-state index contributed by atoms with van der Waals surface area (Å²) in [7, 11) is 3.62. The van der Waals surface area contributed by atoms with Crippen LogP contribution >= 0.6 is 11.6 Å². The van der Waals surface area contributed by atoms with Crippen molar-refractivity contribution in [1.82, 2.24) is 4.90 Å². The highest BCUT2D eigenvalue weighted by atomic mass is 35.5. The molecule has 0 aromatic heterocycles. The molecule has 1 rings (SSSR count). The number of carbonyl (C=O) groups is 2. The number of carbonyl (C=O) groups excluding carboxylic acids is 1. The summed E-state index contributed by atoms with van der Waals surface area (Å²) in [6.45, 7) is 0.410. The largest absolute Gasteiger partial charge is 0.481 e. The van der Waals surface area contributed by atoms with Crippen LogP contribution in [0.25, 0.3) is 0 Å².